The maximum absolute atomic E-state index is 9.34. The Labute approximate surface area is 165 Å². The summed E-state index contributed by atoms with van der Waals surface area (Å²) in [5, 5.41) is 9.34. The number of hydrogen-bond acceptors (Lipinski definition) is 3. The van der Waals surface area contributed by atoms with Crippen molar-refractivity contribution in [3.05, 3.63) is 82.8 Å². The Kier molecular flexibility index (Phi) is 4.67. The van der Waals surface area contributed by atoms with Crippen LogP contribution in [0.15, 0.2) is 54.6 Å². The molecule has 0 saturated heterocycles. The fourth-order valence-corrected chi connectivity index (χ4v) is 3.69. The fraction of sp³-hybridized carbons (Fsp3) is 0.208. The van der Waals surface area contributed by atoms with E-state index in [1.807, 2.05) is 31.2 Å². The van der Waals surface area contributed by atoms with E-state index in [1.54, 1.807) is 0 Å². The summed E-state index contributed by atoms with van der Waals surface area (Å²) < 4.78 is 2.22. The molecule has 0 bridgehead atoms. The molecular weight excluding hydrogens is 344 g/mol. The van der Waals surface area contributed by atoms with Crippen molar-refractivity contribution in [1.82, 2.24) is 14.5 Å². The molecule has 0 saturated carbocycles. The highest BCUT2D eigenvalue weighted by atomic mass is 15.1. The zero-order valence-corrected chi connectivity index (χ0v) is 16.4. The lowest BCUT2D eigenvalue weighted by Crippen LogP contribution is -2.05. The monoisotopic (exact) mass is 366 g/mol. The third-order valence-electron chi connectivity index (χ3n) is 5.07. The molecule has 4 rings (SSSR count). The van der Waals surface area contributed by atoms with E-state index < -0.39 is 0 Å². The van der Waals surface area contributed by atoms with Crippen molar-refractivity contribution >= 4 is 11.2 Å². The van der Waals surface area contributed by atoms with Gasteiger partial charge < -0.3 is 4.57 Å². The lowest BCUT2D eigenvalue weighted by atomic mass is 9.99. The van der Waals surface area contributed by atoms with Gasteiger partial charge in [-0.2, -0.15) is 5.26 Å². The van der Waals surface area contributed by atoms with Crippen molar-refractivity contribution in [2.75, 3.05) is 0 Å². The quantitative estimate of drug-likeness (QED) is 0.499. The molecule has 0 spiro atoms. The van der Waals surface area contributed by atoms with Gasteiger partial charge in [0.15, 0.2) is 5.65 Å². The molecule has 0 N–H and O–H groups in total. The second-order valence-electron chi connectivity index (χ2n) is 7.07. The molecule has 4 heteroatoms. The number of rotatable bonds is 4. The third kappa shape index (κ3) is 3.16. The lowest BCUT2D eigenvalue weighted by Gasteiger charge is -2.10. The number of aryl methyl sites for hydroxylation is 3. The van der Waals surface area contributed by atoms with Crippen LogP contribution in [0.5, 0.6) is 0 Å². The molecular formula is C24H22N4. The first kappa shape index (κ1) is 17.9. The second-order valence-corrected chi connectivity index (χ2v) is 7.07. The minimum absolute atomic E-state index is 0.694. The van der Waals surface area contributed by atoms with Gasteiger partial charge >= 0.3 is 0 Å². The van der Waals surface area contributed by atoms with Crippen LogP contribution in [0.1, 0.15) is 35.1 Å². The van der Waals surface area contributed by atoms with E-state index in [0.717, 1.165) is 46.8 Å². The summed E-state index contributed by atoms with van der Waals surface area (Å²) in [7, 11) is 0. The van der Waals surface area contributed by atoms with Crippen LogP contribution >= 0.6 is 0 Å². The Morgan fingerprint density at radius 2 is 1.75 bits per heavy atom. The summed E-state index contributed by atoms with van der Waals surface area (Å²) >= 11 is 0. The highest BCUT2D eigenvalue weighted by molar-refractivity contribution is 5.76. The van der Waals surface area contributed by atoms with Crippen molar-refractivity contribution in [1.29, 1.82) is 5.26 Å². The number of fused-ring (bicyclic) bond motifs is 1. The molecule has 138 valence electrons. The highest BCUT2D eigenvalue weighted by Gasteiger charge is 2.14. The van der Waals surface area contributed by atoms with Crippen LogP contribution in [0.25, 0.3) is 22.3 Å². The van der Waals surface area contributed by atoms with Crippen LogP contribution in [0, 0.1) is 25.2 Å². The predicted molar refractivity (Wildman–Crippen MR) is 112 cm³/mol. The van der Waals surface area contributed by atoms with Crippen molar-refractivity contribution in [3.63, 3.8) is 0 Å². The summed E-state index contributed by atoms with van der Waals surface area (Å²) in [6.45, 7) is 6.98. The van der Waals surface area contributed by atoms with Gasteiger partial charge in [-0.05, 0) is 48.2 Å². The van der Waals surface area contributed by atoms with Gasteiger partial charge in [0.2, 0.25) is 0 Å². The van der Waals surface area contributed by atoms with Gasteiger partial charge in [0.1, 0.15) is 11.3 Å². The third-order valence-corrected chi connectivity index (χ3v) is 5.07. The Bertz CT molecular complexity index is 1190. The van der Waals surface area contributed by atoms with Crippen LogP contribution in [0.2, 0.25) is 0 Å². The Morgan fingerprint density at radius 3 is 2.46 bits per heavy atom. The van der Waals surface area contributed by atoms with Crippen LogP contribution in [0.4, 0.5) is 0 Å². The van der Waals surface area contributed by atoms with E-state index >= 15 is 0 Å². The normalized spacial score (nSPS) is 10.9. The molecule has 0 unspecified atom stereocenters. The number of hydrogen-bond donors (Lipinski definition) is 0. The van der Waals surface area contributed by atoms with Crippen LogP contribution in [-0.4, -0.2) is 14.5 Å². The summed E-state index contributed by atoms with van der Waals surface area (Å²) in [6.07, 6.45) is 0.864. The van der Waals surface area contributed by atoms with E-state index in [1.165, 1.54) is 11.1 Å². The Hall–Kier alpha value is -3.45. The van der Waals surface area contributed by atoms with E-state index in [-0.39, 0.29) is 0 Å². The minimum Gasteiger partial charge on any atom is -0.308 e. The molecule has 2 heterocycles. The number of pyridine rings is 1. The standard InChI is InChI=1S/C24H22N4/c1-4-22-27-23-16(2)13-17(3)26-24(23)28(22)15-18-9-11-19(12-10-18)21-8-6-5-7-20(21)14-25/h5-13H,4,15H2,1-3H3. The molecule has 0 amide bonds. The SMILES string of the molecule is CCc1nc2c(C)cc(C)nc2n1Cc1ccc(-c2ccccc2C#N)cc1. The molecule has 2 aromatic heterocycles. The molecule has 0 aliphatic rings. The molecule has 0 fully saturated rings. The number of imidazole rings is 1. The molecule has 0 radical (unpaired) electrons. The van der Waals surface area contributed by atoms with E-state index in [9.17, 15) is 5.26 Å². The summed E-state index contributed by atoms with van der Waals surface area (Å²) in [5.74, 6) is 1.05. The lowest BCUT2D eigenvalue weighted by molar-refractivity contribution is 0.745. The second kappa shape index (κ2) is 7.28. The molecule has 28 heavy (non-hydrogen) atoms. The summed E-state index contributed by atoms with van der Waals surface area (Å²) in [4.78, 5) is 9.57. The Balaban J connectivity index is 1.72. The first-order valence-electron chi connectivity index (χ1n) is 9.52. The van der Waals surface area contributed by atoms with Crippen molar-refractivity contribution in [3.8, 4) is 17.2 Å². The average Bonchev–Trinajstić information content (AvgIpc) is 3.06. The average molecular weight is 366 g/mol. The molecule has 0 aliphatic heterocycles. The largest absolute Gasteiger partial charge is 0.308 e. The minimum atomic E-state index is 0.694. The number of benzene rings is 2. The smallest absolute Gasteiger partial charge is 0.160 e. The predicted octanol–water partition coefficient (Wildman–Crippen LogP) is 5.20. The van der Waals surface area contributed by atoms with E-state index in [2.05, 4.69) is 54.8 Å². The number of nitrogens with zero attached hydrogens (tertiary/aromatic N) is 4. The van der Waals surface area contributed by atoms with Gasteiger partial charge in [-0.3, -0.25) is 0 Å². The van der Waals surface area contributed by atoms with Gasteiger partial charge in [0.25, 0.3) is 0 Å². The van der Waals surface area contributed by atoms with Crippen LogP contribution in [-0.2, 0) is 13.0 Å². The van der Waals surface area contributed by atoms with E-state index in [4.69, 9.17) is 9.97 Å². The van der Waals surface area contributed by atoms with Gasteiger partial charge in [-0.25, -0.2) is 9.97 Å². The first-order valence-corrected chi connectivity index (χ1v) is 9.52. The highest BCUT2D eigenvalue weighted by Crippen LogP contribution is 2.25. The topological polar surface area (TPSA) is 54.5 Å². The van der Waals surface area contributed by atoms with Gasteiger partial charge in [0, 0.05) is 12.1 Å². The maximum atomic E-state index is 9.34. The zero-order chi connectivity index (χ0) is 19.7. The number of nitriles is 1. The molecule has 0 aliphatic carbocycles. The maximum Gasteiger partial charge on any atom is 0.160 e. The van der Waals surface area contributed by atoms with Gasteiger partial charge in [-0.15, -0.1) is 0 Å². The molecule has 2 aromatic carbocycles. The van der Waals surface area contributed by atoms with Crippen molar-refractivity contribution in [2.45, 2.75) is 33.7 Å². The molecule has 4 aromatic rings. The Morgan fingerprint density at radius 1 is 1.00 bits per heavy atom. The fourth-order valence-electron chi connectivity index (χ4n) is 3.69. The molecule has 0 atom stereocenters. The van der Waals surface area contributed by atoms with Crippen molar-refractivity contribution < 1.29 is 0 Å². The van der Waals surface area contributed by atoms with E-state index in [0.29, 0.717) is 5.56 Å². The van der Waals surface area contributed by atoms with Gasteiger partial charge in [-0.1, -0.05) is 49.4 Å². The van der Waals surface area contributed by atoms with Crippen LogP contribution < -0.4 is 0 Å². The summed E-state index contributed by atoms with van der Waals surface area (Å²) in [6, 6.07) is 20.5. The summed E-state index contributed by atoms with van der Waals surface area (Å²) in [5.41, 5.74) is 8.02. The first-order chi connectivity index (χ1) is 13.6. The number of aromatic nitrogens is 3. The van der Waals surface area contributed by atoms with Gasteiger partial charge in [0.05, 0.1) is 18.2 Å². The van der Waals surface area contributed by atoms with Crippen molar-refractivity contribution in [2.24, 2.45) is 0 Å². The van der Waals surface area contributed by atoms with Crippen LogP contribution in [0.3, 0.4) is 0 Å². The zero-order valence-electron chi connectivity index (χ0n) is 16.4. The molecule has 4 nitrogen and oxygen atoms in total.